The normalized spacial score (nSPS) is 17.8. The first-order valence-electron chi connectivity index (χ1n) is 9.88. The zero-order chi connectivity index (χ0) is 18.6. The van der Waals surface area contributed by atoms with Crippen molar-refractivity contribution < 1.29 is 4.79 Å². The second-order valence-corrected chi connectivity index (χ2v) is 7.53. The van der Waals surface area contributed by atoms with Gasteiger partial charge < -0.3 is 4.90 Å². The van der Waals surface area contributed by atoms with Crippen molar-refractivity contribution in [1.82, 2.24) is 9.80 Å². The van der Waals surface area contributed by atoms with Gasteiger partial charge in [-0.15, -0.1) is 12.4 Å². The molecule has 1 heterocycles. The quantitative estimate of drug-likeness (QED) is 0.776. The van der Waals surface area contributed by atoms with Crippen LogP contribution in [0.5, 0.6) is 0 Å². The number of halogens is 1. The van der Waals surface area contributed by atoms with Gasteiger partial charge in [0.15, 0.2) is 0 Å². The van der Waals surface area contributed by atoms with E-state index in [2.05, 4.69) is 11.0 Å². The predicted octanol–water partition coefficient (Wildman–Crippen LogP) is 4.35. The fourth-order valence-electron chi connectivity index (χ4n) is 3.98. The van der Waals surface area contributed by atoms with E-state index in [9.17, 15) is 4.79 Å². The van der Waals surface area contributed by atoms with Crippen molar-refractivity contribution in [2.75, 3.05) is 26.2 Å². The summed E-state index contributed by atoms with van der Waals surface area (Å²) >= 11 is 0. The smallest absolute Gasteiger partial charge is 0.253 e. The van der Waals surface area contributed by atoms with Crippen LogP contribution < -0.4 is 0 Å². The number of hydrogen-bond donors (Lipinski definition) is 0. The summed E-state index contributed by atoms with van der Waals surface area (Å²) in [6.45, 7) is 3.79. The Balaban J connectivity index is 0.00000225. The predicted molar refractivity (Wildman–Crippen MR) is 114 cm³/mol. The fourth-order valence-corrected chi connectivity index (χ4v) is 3.98. The number of carbonyl (C=O) groups excluding carboxylic acids is 1. The summed E-state index contributed by atoms with van der Waals surface area (Å²) < 4.78 is 0. The van der Waals surface area contributed by atoms with Crippen LogP contribution in [0.2, 0.25) is 0 Å². The van der Waals surface area contributed by atoms with E-state index < -0.39 is 0 Å². The molecule has 28 heavy (non-hydrogen) atoms. The Morgan fingerprint density at radius 3 is 2.07 bits per heavy atom. The Labute approximate surface area is 173 Å². The number of amides is 1. The fraction of sp³-hybridized carbons (Fsp3) is 0.391. The van der Waals surface area contributed by atoms with Crippen molar-refractivity contribution >= 4 is 18.3 Å². The minimum Gasteiger partial charge on any atom is -0.337 e. The van der Waals surface area contributed by atoms with Crippen molar-refractivity contribution in [3.05, 3.63) is 59.7 Å². The lowest BCUT2D eigenvalue weighted by Gasteiger charge is -2.36. The Bertz CT molecular complexity index is 838. The zero-order valence-corrected chi connectivity index (χ0v) is 16.8. The second-order valence-electron chi connectivity index (χ2n) is 7.53. The summed E-state index contributed by atoms with van der Waals surface area (Å²) in [7, 11) is 0. The molecule has 1 aliphatic heterocycles. The van der Waals surface area contributed by atoms with Gasteiger partial charge in [-0.1, -0.05) is 30.7 Å². The van der Waals surface area contributed by atoms with Crippen LogP contribution in [0, 0.1) is 11.3 Å². The molecule has 2 aromatic carbocycles. The van der Waals surface area contributed by atoms with Gasteiger partial charge in [0.05, 0.1) is 11.6 Å². The highest BCUT2D eigenvalue weighted by Gasteiger charge is 2.27. The molecule has 1 aliphatic carbocycles. The molecule has 0 N–H and O–H groups in total. The topological polar surface area (TPSA) is 47.3 Å². The molecule has 0 atom stereocenters. The molecule has 0 unspecified atom stereocenters. The summed E-state index contributed by atoms with van der Waals surface area (Å²) in [5, 5.41) is 8.91. The lowest BCUT2D eigenvalue weighted by atomic mass is 9.91. The SMILES string of the molecule is Cl.N#Cc1ccc(-c2ccc(C(=O)N3CCCN(C4CCC4)CC3)cc2)cc1. The average molecular weight is 396 g/mol. The third kappa shape index (κ3) is 4.38. The van der Waals surface area contributed by atoms with Gasteiger partial charge in [0.25, 0.3) is 5.91 Å². The first-order chi connectivity index (χ1) is 13.2. The maximum Gasteiger partial charge on any atom is 0.253 e. The van der Waals surface area contributed by atoms with Gasteiger partial charge >= 0.3 is 0 Å². The molecule has 2 aliphatic rings. The lowest BCUT2D eigenvalue weighted by Crippen LogP contribution is -2.42. The molecule has 146 valence electrons. The molecule has 1 saturated carbocycles. The first kappa shape index (κ1) is 20.4. The van der Waals surface area contributed by atoms with Gasteiger partial charge in [-0.2, -0.15) is 5.26 Å². The second kappa shape index (κ2) is 9.23. The Kier molecular flexibility index (Phi) is 6.72. The Morgan fingerprint density at radius 1 is 0.857 bits per heavy atom. The molecule has 1 amide bonds. The number of hydrogen-bond acceptors (Lipinski definition) is 3. The molecule has 5 heteroatoms. The molecule has 4 nitrogen and oxygen atoms in total. The highest BCUT2D eigenvalue weighted by atomic mass is 35.5. The van der Waals surface area contributed by atoms with Crippen LogP contribution in [0.1, 0.15) is 41.6 Å². The summed E-state index contributed by atoms with van der Waals surface area (Å²) in [6, 6.07) is 18.2. The Morgan fingerprint density at radius 2 is 1.50 bits per heavy atom. The van der Waals surface area contributed by atoms with E-state index in [0.29, 0.717) is 5.56 Å². The molecule has 4 rings (SSSR count). The van der Waals surface area contributed by atoms with E-state index in [0.717, 1.165) is 55.3 Å². The van der Waals surface area contributed by atoms with Gasteiger partial charge in [-0.3, -0.25) is 9.69 Å². The number of nitriles is 1. The minimum atomic E-state index is 0. The van der Waals surface area contributed by atoms with Crippen LogP contribution >= 0.6 is 12.4 Å². The molecule has 0 aromatic heterocycles. The molecule has 2 aromatic rings. The van der Waals surface area contributed by atoms with Gasteiger partial charge in [0.1, 0.15) is 0 Å². The maximum absolute atomic E-state index is 12.9. The third-order valence-corrected chi connectivity index (χ3v) is 5.89. The van der Waals surface area contributed by atoms with Crippen LogP contribution in [0.15, 0.2) is 48.5 Å². The zero-order valence-electron chi connectivity index (χ0n) is 16.0. The summed E-state index contributed by atoms with van der Waals surface area (Å²) in [5.74, 6) is 0.136. The lowest BCUT2D eigenvalue weighted by molar-refractivity contribution is 0.0749. The number of rotatable bonds is 3. The highest BCUT2D eigenvalue weighted by molar-refractivity contribution is 5.94. The largest absolute Gasteiger partial charge is 0.337 e. The van der Waals surface area contributed by atoms with Crippen LogP contribution in [0.25, 0.3) is 11.1 Å². The van der Waals surface area contributed by atoms with Crippen LogP contribution in [0.4, 0.5) is 0 Å². The van der Waals surface area contributed by atoms with Gasteiger partial charge in [0.2, 0.25) is 0 Å². The Hall–Kier alpha value is -2.35. The summed E-state index contributed by atoms with van der Waals surface area (Å²) in [6.07, 6.45) is 5.07. The standard InChI is InChI=1S/C23H25N3O.ClH/c24-17-18-5-7-19(8-6-18)20-9-11-21(12-10-20)23(27)26-14-2-13-25(15-16-26)22-3-1-4-22;/h5-12,22H,1-4,13-16H2;1H. The van der Waals surface area contributed by atoms with E-state index in [1.807, 2.05) is 53.4 Å². The summed E-state index contributed by atoms with van der Waals surface area (Å²) in [5.41, 5.74) is 3.52. The van der Waals surface area contributed by atoms with Crippen LogP contribution in [0.3, 0.4) is 0 Å². The molecule has 0 spiro atoms. The van der Waals surface area contributed by atoms with E-state index in [1.165, 1.54) is 19.3 Å². The van der Waals surface area contributed by atoms with Crippen molar-refractivity contribution in [2.24, 2.45) is 0 Å². The van der Waals surface area contributed by atoms with E-state index in [-0.39, 0.29) is 18.3 Å². The third-order valence-electron chi connectivity index (χ3n) is 5.89. The summed E-state index contributed by atoms with van der Waals surface area (Å²) in [4.78, 5) is 17.5. The average Bonchev–Trinajstić information content (AvgIpc) is 2.92. The van der Waals surface area contributed by atoms with E-state index in [4.69, 9.17) is 5.26 Å². The minimum absolute atomic E-state index is 0. The van der Waals surface area contributed by atoms with Gasteiger partial charge in [-0.25, -0.2) is 0 Å². The van der Waals surface area contributed by atoms with Crippen molar-refractivity contribution in [3.63, 3.8) is 0 Å². The van der Waals surface area contributed by atoms with Gasteiger partial charge in [-0.05, 0) is 54.7 Å². The highest BCUT2D eigenvalue weighted by Crippen LogP contribution is 2.26. The number of benzene rings is 2. The monoisotopic (exact) mass is 395 g/mol. The van der Waals surface area contributed by atoms with Crippen LogP contribution in [-0.4, -0.2) is 47.9 Å². The van der Waals surface area contributed by atoms with Gasteiger partial charge in [0, 0.05) is 37.8 Å². The number of nitrogens with zero attached hydrogens (tertiary/aromatic N) is 3. The molecular weight excluding hydrogens is 370 g/mol. The molecular formula is C23H26ClN3O. The molecule has 0 bridgehead atoms. The molecule has 1 saturated heterocycles. The molecule has 0 radical (unpaired) electrons. The van der Waals surface area contributed by atoms with Crippen LogP contribution in [-0.2, 0) is 0 Å². The van der Waals surface area contributed by atoms with Crippen molar-refractivity contribution in [3.8, 4) is 17.2 Å². The van der Waals surface area contributed by atoms with E-state index >= 15 is 0 Å². The number of carbonyl (C=O) groups is 1. The van der Waals surface area contributed by atoms with Crippen molar-refractivity contribution in [2.45, 2.75) is 31.7 Å². The van der Waals surface area contributed by atoms with E-state index in [1.54, 1.807) is 0 Å². The van der Waals surface area contributed by atoms with Crippen molar-refractivity contribution in [1.29, 1.82) is 5.26 Å². The first-order valence-corrected chi connectivity index (χ1v) is 9.88. The maximum atomic E-state index is 12.9. The molecule has 2 fully saturated rings.